The Morgan fingerprint density at radius 1 is 0.957 bits per heavy atom. The average molecular weight is 667 g/mol. The number of halogens is 2. The lowest BCUT2D eigenvalue weighted by atomic mass is 9.81. The van der Waals surface area contributed by atoms with Gasteiger partial charge in [0.25, 0.3) is 5.91 Å². The summed E-state index contributed by atoms with van der Waals surface area (Å²) in [5.74, 6) is -0.476. The van der Waals surface area contributed by atoms with Gasteiger partial charge in [-0.15, -0.1) is 0 Å². The molecule has 8 nitrogen and oxygen atoms in total. The summed E-state index contributed by atoms with van der Waals surface area (Å²) >= 11 is 12.7. The molecule has 1 unspecified atom stereocenters. The number of rotatable bonds is 11. The number of carbonyl (C=O) groups is 4. The van der Waals surface area contributed by atoms with Crippen molar-refractivity contribution in [1.29, 1.82) is 0 Å². The normalized spacial score (nSPS) is 18.8. The largest absolute Gasteiger partial charge is 0.466 e. The Balaban J connectivity index is 0.000000369. The number of nitrogens with one attached hydrogen (secondary N) is 2. The number of carbonyl (C=O) groups excluding carboxylic acids is 4. The van der Waals surface area contributed by atoms with Crippen molar-refractivity contribution in [1.82, 2.24) is 15.5 Å². The van der Waals surface area contributed by atoms with E-state index in [4.69, 9.17) is 27.9 Å². The highest BCUT2D eigenvalue weighted by Crippen LogP contribution is 2.41. The van der Waals surface area contributed by atoms with E-state index in [-0.39, 0.29) is 48.8 Å². The van der Waals surface area contributed by atoms with Gasteiger partial charge in [0.1, 0.15) is 0 Å². The first-order valence-electron chi connectivity index (χ1n) is 15.8. The molecule has 1 heterocycles. The molecule has 1 fully saturated rings. The van der Waals surface area contributed by atoms with Crippen molar-refractivity contribution >= 4 is 47.4 Å². The first kappa shape index (κ1) is 35.0. The lowest BCUT2D eigenvalue weighted by Crippen LogP contribution is -2.49. The van der Waals surface area contributed by atoms with Gasteiger partial charge in [-0.25, -0.2) is 0 Å². The summed E-state index contributed by atoms with van der Waals surface area (Å²) in [6.45, 7) is 3.08. The van der Waals surface area contributed by atoms with Crippen molar-refractivity contribution in [3.63, 3.8) is 0 Å². The van der Waals surface area contributed by atoms with E-state index in [1.807, 2.05) is 71.6 Å². The van der Waals surface area contributed by atoms with E-state index < -0.39 is 0 Å². The van der Waals surface area contributed by atoms with Crippen LogP contribution in [0.15, 0.2) is 72.8 Å². The smallest absolute Gasteiger partial charge is 0.307 e. The molecular formula is C36H41Cl2N3O5. The van der Waals surface area contributed by atoms with Crippen LogP contribution in [-0.4, -0.2) is 54.8 Å². The Kier molecular flexibility index (Phi) is 13.5. The molecule has 0 bridgehead atoms. The fourth-order valence-corrected chi connectivity index (χ4v) is 6.68. The van der Waals surface area contributed by atoms with Crippen LogP contribution in [0.25, 0.3) is 0 Å². The van der Waals surface area contributed by atoms with Crippen molar-refractivity contribution in [2.24, 2.45) is 5.92 Å². The van der Waals surface area contributed by atoms with Crippen LogP contribution in [0.2, 0.25) is 10.0 Å². The number of esters is 1. The van der Waals surface area contributed by atoms with Crippen LogP contribution in [0, 0.1) is 5.92 Å². The second-order valence-corrected chi connectivity index (χ2v) is 12.3. The third kappa shape index (κ3) is 9.56. The summed E-state index contributed by atoms with van der Waals surface area (Å²) in [5.41, 5.74) is 3.88. The molecule has 5 rings (SSSR count). The maximum atomic E-state index is 13.7. The summed E-state index contributed by atoms with van der Waals surface area (Å²) in [7, 11) is 0. The van der Waals surface area contributed by atoms with Gasteiger partial charge in [0, 0.05) is 40.7 Å². The van der Waals surface area contributed by atoms with Gasteiger partial charge in [-0.2, -0.15) is 0 Å². The second kappa shape index (κ2) is 17.7. The summed E-state index contributed by atoms with van der Waals surface area (Å²) in [6.07, 6.45) is 5.29. The van der Waals surface area contributed by atoms with E-state index in [1.54, 1.807) is 13.0 Å². The van der Waals surface area contributed by atoms with Crippen molar-refractivity contribution in [3.8, 4) is 0 Å². The standard InChI is InChI=1S/C27H30Cl2N2O4.C9H11NO/c1-2-35-25(32)13-14-30-26(33)17-7-10-20(11-8-17)31-24(22-12-9-19(28)16-23(22)29)15-18-5-3-4-6-21(18)27(31)34;11-8-10-7-6-9-4-2-1-3-5-9/h3-6,9,12,16-17,20,24H,2,7-8,10-11,13-15H2,1H3,(H,30,33);1-5,8H,6-7H2,(H,10,11). The number of hydrogen-bond donors (Lipinski definition) is 2. The van der Waals surface area contributed by atoms with Crippen LogP contribution in [0.4, 0.5) is 0 Å². The SMILES string of the molecule is CCOC(=O)CCNC(=O)C1CCC(N2C(=O)c3ccccc3CC2c2ccc(Cl)cc2Cl)CC1.O=CNCCc1ccccc1. The monoisotopic (exact) mass is 665 g/mol. The third-order valence-electron chi connectivity index (χ3n) is 8.43. The van der Waals surface area contributed by atoms with Gasteiger partial charge in [0.2, 0.25) is 12.3 Å². The zero-order chi connectivity index (χ0) is 32.9. The Morgan fingerprint density at radius 2 is 1.67 bits per heavy atom. The lowest BCUT2D eigenvalue weighted by molar-refractivity contribution is -0.143. The highest BCUT2D eigenvalue weighted by molar-refractivity contribution is 6.35. The van der Waals surface area contributed by atoms with E-state index in [1.165, 1.54) is 5.56 Å². The van der Waals surface area contributed by atoms with E-state index >= 15 is 0 Å². The molecular weight excluding hydrogens is 625 g/mol. The molecule has 10 heteroatoms. The fraction of sp³-hybridized carbons (Fsp3) is 0.389. The van der Waals surface area contributed by atoms with Crippen molar-refractivity contribution < 1.29 is 23.9 Å². The lowest BCUT2D eigenvalue weighted by Gasteiger charge is -2.44. The van der Waals surface area contributed by atoms with E-state index in [0.29, 0.717) is 42.5 Å². The Labute approximate surface area is 280 Å². The maximum Gasteiger partial charge on any atom is 0.307 e. The van der Waals surface area contributed by atoms with Crippen LogP contribution in [0.1, 0.15) is 72.1 Å². The van der Waals surface area contributed by atoms with Crippen LogP contribution in [0.3, 0.4) is 0 Å². The summed E-state index contributed by atoms with van der Waals surface area (Å²) in [6, 6.07) is 23.1. The molecule has 244 valence electrons. The Bertz CT molecular complexity index is 1480. The van der Waals surface area contributed by atoms with Gasteiger partial charge in [0.15, 0.2) is 0 Å². The molecule has 0 spiro atoms. The number of amides is 3. The molecule has 1 aliphatic carbocycles. The molecule has 2 aliphatic rings. The van der Waals surface area contributed by atoms with Gasteiger partial charge >= 0.3 is 5.97 Å². The summed E-state index contributed by atoms with van der Waals surface area (Å²) < 4.78 is 4.90. The molecule has 0 saturated heterocycles. The van der Waals surface area contributed by atoms with Crippen molar-refractivity contribution in [2.45, 2.75) is 64.0 Å². The minimum absolute atomic E-state index is 0.00482. The average Bonchev–Trinajstić information content (AvgIpc) is 3.06. The first-order chi connectivity index (χ1) is 22.3. The molecule has 0 radical (unpaired) electrons. The highest BCUT2D eigenvalue weighted by Gasteiger charge is 2.40. The van der Waals surface area contributed by atoms with Gasteiger partial charge in [0.05, 0.1) is 19.1 Å². The minimum Gasteiger partial charge on any atom is -0.466 e. The Morgan fingerprint density at radius 3 is 2.37 bits per heavy atom. The molecule has 3 amide bonds. The quantitative estimate of drug-likeness (QED) is 0.141. The van der Waals surface area contributed by atoms with Gasteiger partial charge < -0.3 is 20.3 Å². The number of ether oxygens (including phenoxy) is 1. The zero-order valence-corrected chi connectivity index (χ0v) is 27.6. The molecule has 0 aromatic heterocycles. The van der Waals surface area contributed by atoms with Gasteiger partial charge in [-0.3, -0.25) is 19.2 Å². The summed E-state index contributed by atoms with van der Waals surface area (Å²) in [4.78, 5) is 49.7. The molecule has 3 aromatic carbocycles. The van der Waals surface area contributed by atoms with Crippen LogP contribution >= 0.6 is 23.2 Å². The van der Waals surface area contributed by atoms with Crippen LogP contribution in [0.5, 0.6) is 0 Å². The van der Waals surface area contributed by atoms with E-state index in [9.17, 15) is 19.2 Å². The van der Waals surface area contributed by atoms with Gasteiger partial charge in [-0.05, 0) is 80.3 Å². The van der Waals surface area contributed by atoms with Crippen LogP contribution < -0.4 is 10.6 Å². The minimum atomic E-state index is -0.313. The topological polar surface area (TPSA) is 105 Å². The van der Waals surface area contributed by atoms with E-state index in [0.717, 1.165) is 42.4 Å². The molecule has 2 N–H and O–H groups in total. The first-order valence-corrected chi connectivity index (χ1v) is 16.6. The number of fused-ring (bicyclic) bond motifs is 1. The van der Waals surface area contributed by atoms with E-state index in [2.05, 4.69) is 10.6 Å². The number of nitrogens with zero attached hydrogens (tertiary/aromatic N) is 1. The number of hydrogen-bond acceptors (Lipinski definition) is 5. The zero-order valence-electron chi connectivity index (χ0n) is 26.1. The maximum absolute atomic E-state index is 13.7. The number of benzene rings is 3. The van der Waals surface area contributed by atoms with Gasteiger partial charge in [-0.1, -0.05) is 77.8 Å². The molecule has 1 saturated carbocycles. The second-order valence-electron chi connectivity index (χ2n) is 11.4. The Hall–Kier alpha value is -3.88. The molecule has 46 heavy (non-hydrogen) atoms. The summed E-state index contributed by atoms with van der Waals surface area (Å²) in [5, 5.41) is 6.58. The molecule has 1 aliphatic heterocycles. The van der Waals surface area contributed by atoms with Crippen molar-refractivity contribution in [3.05, 3.63) is 105 Å². The third-order valence-corrected chi connectivity index (χ3v) is 8.99. The molecule has 1 atom stereocenters. The van der Waals surface area contributed by atoms with Crippen LogP contribution in [-0.2, 0) is 32.0 Å². The molecule has 3 aromatic rings. The fourth-order valence-electron chi connectivity index (χ4n) is 6.15. The predicted octanol–water partition coefficient (Wildman–Crippen LogP) is 6.34. The highest BCUT2D eigenvalue weighted by atomic mass is 35.5. The predicted molar refractivity (Wildman–Crippen MR) is 180 cm³/mol. The van der Waals surface area contributed by atoms with Crippen molar-refractivity contribution in [2.75, 3.05) is 19.7 Å².